The molecule has 1 N–H and O–H groups in total. The Kier molecular flexibility index (Phi) is 7.72. The lowest BCUT2D eigenvalue weighted by Crippen LogP contribution is -2.45. The lowest BCUT2D eigenvalue weighted by Gasteiger charge is -2.37. The van der Waals surface area contributed by atoms with Gasteiger partial charge in [-0.3, -0.25) is 4.90 Å². The number of nitrogens with zero attached hydrogens (tertiary/aromatic N) is 3. The lowest BCUT2D eigenvalue weighted by atomic mass is 9.86. The van der Waals surface area contributed by atoms with Crippen LogP contribution in [0.2, 0.25) is 0 Å². The first kappa shape index (κ1) is 21.4. The third-order valence-electron chi connectivity index (χ3n) is 4.73. The molecule has 1 saturated heterocycles. The van der Waals surface area contributed by atoms with Gasteiger partial charge in [-0.05, 0) is 54.3 Å². The van der Waals surface area contributed by atoms with Crippen LogP contribution in [0.5, 0.6) is 0 Å². The number of hydrogen-bond acceptors (Lipinski definition) is 5. The molecule has 1 aromatic rings. The van der Waals surface area contributed by atoms with E-state index in [9.17, 15) is 4.79 Å². The van der Waals surface area contributed by atoms with Crippen molar-refractivity contribution in [3.63, 3.8) is 0 Å². The minimum absolute atomic E-state index is 0.0311. The number of amides is 1. The van der Waals surface area contributed by atoms with Crippen molar-refractivity contribution in [1.82, 2.24) is 20.0 Å². The fraction of sp³-hybridized carbons (Fsp3) is 0.778. The van der Waals surface area contributed by atoms with E-state index in [1.807, 2.05) is 4.68 Å². The summed E-state index contributed by atoms with van der Waals surface area (Å²) < 4.78 is 14.1. The maximum atomic E-state index is 11.5. The zero-order chi connectivity index (χ0) is 19.3. The number of likely N-dealkylation sites (N-methyl/N-ethyl adjacent to an activating group) is 1. The Morgan fingerprint density at radius 2 is 2.27 bits per heavy atom. The Morgan fingerprint density at radius 3 is 2.85 bits per heavy atom. The number of rotatable bonds is 6. The maximum absolute atomic E-state index is 11.5. The quantitative estimate of drug-likeness (QED) is 0.635. The van der Waals surface area contributed by atoms with Crippen LogP contribution in [-0.2, 0) is 16.0 Å². The second-order valence-corrected chi connectivity index (χ2v) is 8.91. The van der Waals surface area contributed by atoms with Gasteiger partial charge in [0, 0.05) is 38.0 Å². The molecule has 0 radical (unpaired) electrons. The van der Waals surface area contributed by atoms with Gasteiger partial charge in [-0.2, -0.15) is 5.10 Å². The molecule has 7 nitrogen and oxygen atoms in total. The number of hydrogen-bond donors (Lipinski definition) is 1. The van der Waals surface area contributed by atoms with Crippen LogP contribution in [0, 0.1) is 9.12 Å². The largest absolute Gasteiger partial charge is 0.448 e. The van der Waals surface area contributed by atoms with Gasteiger partial charge in [-0.1, -0.05) is 20.8 Å². The molecule has 1 aliphatic heterocycles. The van der Waals surface area contributed by atoms with Crippen molar-refractivity contribution in [1.29, 1.82) is 0 Å². The molecule has 2 atom stereocenters. The van der Waals surface area contributed by atoms with Crippen molar-refractivity contribution in [3.05, 3.63) is 15.5 Å². The molecule has 1 aromatic heterocycles. The number of ether oxygens (including phenoxy) is 2. The van der Waals surface area contributed by atoms with Crippen LogP contribution in [0.1, 0.15) is 51.8 Å². The number of carbonyl (C=O) groups is 1. The Labute approximate surface area is 169 Å². The molecule has 1 amide bonds. The zero-order valence-electron chi connectivity index (χ0n) is 16.4. The maximum Gasteiger partial charge on any atom is 0.406 e. The third kappa shape index (κ3) is 5.82. The van der Waals surface area contributed by atoms with Crippen molar-refractivity contribution in [3.8, 4) is 0 Å². The van der Waals surface area contributed by atoms with Gasteiger partial charge in [-0.15, -0.1) is 0 Å². The van der Waals surface area contributed by atoms with E-state index in [1.165, 1.54) is 6.42 Å². The van der Waals surface area contributed by atoms with Crippen LogP contribution in [0.4, 0.5) is 4.79 Å². The molecule has 1 aliphatic rings. The van der Waals surface area contributed by atoms with E-state index in [2.05, 4.69) is 71.9 Å². The average Bonchev–Trinajstić information content (AvgIpc) is 2.95. The van der Waals surface area contributed by atoms with Gasteiger partial charge in [0.2, 0.25) is 0 Å². The molecule has 0 bridgehead atoms. The highest BCUT2D eigenvalue weighted by molar-refractivity contribution is 14.1. The second kappa shape index (κ2) is 9.36. The topological polar surface area (TPSA) is 68.6 Å². The van der Waals surface area contributed by atoms with Gasteiger partial charge in [-0.25, -0.2) is 9.48 Å². The number of nitrogens with one attached hydrogen (secondary N) is 1. The second-order valence-electron chi connectivity index (χ2n) is 7.89. The molecule has 1 fully saturated rings. The summed E-state index contributed by atoms with van der Waals surface area (Å²) in [4.78, 5) is 13.7. The first-order chi connectivity index (χ1) is 12.2. The van der Waals surface area contributed by atoms with Crippen LogP contribution in [-0.4, -0.2) is 54.1 Å². The molecule has 0 aliphatic carbocycles. The van der Waals surface area contributed by atoms with Crippen molar-refractivity contribution in [2.24, 2.45) is 5.41 Å². The zero-order valence-corrected chi connectivity index (χ0v) is 18.6. The Balaban J connectivity index is 2.06. The van der Waals surface area contributed by atoms with E-state index in [4.69, 9.17) is 9.47 Å². The summed E-state index contributed by atoms with van der Waals surface area (Å²) in [6.45, 7) is 8.36. The highest BCUT2D eigenvalue weighted by Gasteiger charge is 2.30. The molecule has 2 heterocycles. The van der Waals surface area contributed by atoms with Crippen molar-refractivity contribution in [2.75, 3.05) is 27.3 Å². The van der Waals surface area contributed by atoms with Crippen molar-refractivity contribution < 1.29 is 14.3 Å². The van der Waals surface area contributed by atoms with Crippen LogP contribution < -0.4 is 5.32 Å². The SMILES string of the molecule is CNC(=O)OCC(N(C)Cc1cn(C2CCCCO2)nc1I)C(C)(C)C. The average molecular weight is 478 g/mol. The van der Waals surface area contributed by atoms with E-state index < -0.39 is 6.09 Å². The monoisotopic (exact) mass is 478 g/mol. The standard InChI is InChI=1S/C18H31IN4O3/c1-18(2,3)14(12-26-17(24)20-4)22(5)10-13-11-23(21-16(13)19)15-8-6-7-9-25-15/h11,14-15H,6-10,12H2,1-5H3,(H,20,24). The van der Waals surface area contributed by atoms with E-state index >= 15 is 0 Å². The molecule has 8 heteroatoms. The summed E-state index contributed by atoms with van der Waals surface area (Å²) in [5.41, 5.74) is 1.13. The van der Waals surface area contributed by atoms with E-state index in [-0.39, 0.29) is 17.7 Å². The van der Waals surface area contributed by atoms with Crippen molar-refractivity contribution in [2.45, 2.75) is 58.8 Å². The van der Waals surface area contributed by atoms with Crippen LogP contribution in [0.3, 0.4) is 0 Å². The molecule has 0 saturated carbocycles. The minimum Gasteiger partial charge on any atom is -0.448 e. The third-order valence-corrected chi connectivity index (χ3v) is 5.64. The van der Waals surface area contributed by atoms with Crippen LogP contribution >= 0.6 is 22.6 Å². The smallest absolute Gasteiger partial charge is 0.406 e. The fourth-order valence-electron chi connectivity index (χ4n) is 3.24. The Morgan fingerprint density at radius 1 is 1.54 bits per heavy atom. The summed E-state index contributed by atoms with van der Waals surface area (Å²) in [5, 5.41) is 7.15. The van der Waals surface area contributed by atoms with Gasteiger partial charge in [0.15, 0.2) is 0 Å². The van der Waals surface area contributed by atoms with Crippen molar-refractivity contribution >= 4 is 28.7 Å². The number of halogens is 1. The highest BCUT2D eigenvalue weighted by atomic mass is 127. The van der Waals surface area contributed by atoms with Gasteiger partial charge >= 0.3 is 6.09 Å². The predicted octanol–water partition coefficient (Wildman–Crippen LogP) is 3.39. The summed E-state index contributed by atoms with van der Waals surface area (Å²) in [5.74, 6) is 0. The molecule has 0 spiro atoms. The number of alkyl carbamates (subject to hydrolysis) is 1. The van der Waals surface area contributed by atoms with E-state index in [0.717, 1.165) is 35.3 Å². The van der Waals surface area contributed by atoms with Crippen LogP contribution in [0.15, 0.2) is 6.20 Å². The van der Waals surface area contributed by atoms with Gasteiger partial charge in [0.1, 0.15) is 16.5 Å². The Hall–Kier alpha value is -0.870. The number of aromatic nitrogens is 2. The van der Waals surface area contributed by atoms with Gasteiger partial charge < -0.3 is 14.8 Å². The lowest BCUT2D eigenvalue weighted by molar-refractivity contribution is -0.0397. The summed E-state index contributed by atoms with van der Waals surface area (Å²) in [6, 6.07) is 0.0879. The molecule has 0 aromatic carbocycles. The summed E-state index contributed by atoms with van der Waals surface area (Å²) in [6.07, 6.45) is 5.06. The van der Waals surface area contributed by atoms with Crippen LogP contribution in [0.25, 0.3) is 0 Å². The van der Waals surface area contributed by atoms with Gasteiger partial charge in [0.05, 0.1) is 0 Å². The van der Waals surface area contributed by atoms with E-state index in [1.54, 1.807) is 7.05 Å². The minimum atomic E-state index is -0.399. The fourth-order valence-corrected chi connectivity index (χ4v) is 3.80. The predicted molar refractivity (Wildman–Crippen MR) is 109 cm³/mol. The first-order valence-electron chi connectivity index (χ1n) is 9.12. The highest BCUT2D eigenvalue weighted by Crippen LogP contribution is 2.27. The normalized spacial score (nSPS) is 19.4. The molecule has 148 valence electrons. The van der Waals surface area contributed by atoms with E-state index in [0.29, 0.717) is 6.61 Å². The Bertz CT molecular complexity index is 594. The molecular weight excluding hydrogens is 447 g/mol. The summed E-state index contributed by atoms with van der Waals surface area (Å²) >= 11 is 2.28. The first-order valence-corrected chi connectivity index (χ1v) is 10.2. The number of carbonyl (C=O) groups excluding carboxylic acids is 1. The molecular formula is C18H31IN4O3. The molecule has 2 unspecified atom stereocenters. The van der Waals surface area contributed by atoms with Gasteiger partial charge in [0.25, 0.3) is 0 Å². The summed E-state index contributed by atoms with van der Waals surface area (Å²) in [7, 11) is 3.63. The molecule has 2 rings (SSSR count). The molecule has 26 heavy (non-hydrogen) atoms.